The first kappa shape index (κ1) is 12.5. The molecule has 0 radical (unpaired) electrons. The molecule has 4 heteroatoms. The molecule has 4 nitrogen and oxygen atoms in total. The molecule has 1 atom stereocenters. The van der Waals surface area contributed by atoms with Crippen molar-refractivity contribution in [2.45, 2.75) is 44.2 Å². The van der Waals surface area contributed by atoms with Crippen LogP contribution in [-0.2, 0) is 4.74 Å². The molecule has 1 aromatic rings. The number of rotatable bonds is 4. The van der Waals surface area contributed by atoms with E-state index in [0.717, 1.165) is 24.0 Å². The maximum atomic E-state index is 5.78. The summed E-state index contributed by atoms with van der Waals surface area (Å²) in [5.41, 5.74) is 4.99. The van der Waals surface area contributed by atoms with Gasteiger partial charge >= 0.3 is 0 Å². The quantitative estimate of drug-likeness (QED) is 0.617. The van der Waals surface area contributed by atoms with Gasteiger partial charge in [-0.15, -0.1) is 0 Å². The molecular weight excluding hydrogens is 214 g/mol. The zero-order valence-corrected chi connectivity index (χ0v) is 10.6. The maximum Gasteiger partial charge on any atom is 0.0886 e. The third kappa shape index (κ3) is 2.34. The minimum absolute atomic E-state index is 0.0161. The van der Waals surface area contributed by atoms with Crippen LogP contribution in [0.25, 0.3) is 0 Å². The Kier molecular flexibility index (Phi) is 3.76. The number of hydrogen-bond donors (Lipinski definition) is 2. The number of hydrogen-bond acceptors (Lipinski definition) is 4. The molecule has 1 fully saturated rings. The summed E-state index contributed by atoms with van der Waals surface area (Å²) in [5, 5.41) is 0. The molecule has 1 aliphatic rings. The fraction of sp³-hybridized carbons (Fsp3) is 0.615. The van der Waals surface area contributed by atoms with Crippen molar-refractivity contribution in [1.29, 1.82) is 0 Å². The predicted octanol–water partition coefficient (Wildman–Crippen LogP) is 1.85. The van der Waals surface area contributed by atoms with E-state index in [-0.39, 0.29) is 11.6 Å². The second-order valence-corrected chi connectivity index (χ2v) is 4.87. The van der Waals surface area contributed by atoms with Crippen LogP contribution in [0.2, 0.25) is 0 Å². The second-order valence-electron chi connectivity index (χ2n) is 4.87. The third-order valence-electron chi connectivity index (χ3n) is 3.78. The molecule has 3 N–H and O–H groups in total. The van der Waals surface area contributed by atoms with E-state index >= 15 is 0 Å². The molecule has 1 saturated carbocycles. The Morgan fingerprint density at radius 3 is 2.65 bits per heavy atom. The van der Waals surface area contributed by atoms with Crippen LogP contribution < -0.4 is 11.3 Å². The van der Waals surface area contributed by atoms with Gasteiger partial charge in [-0.1, -0.05) is 18.9 Å². The Morgan fingerprint density at radius 1 is 1.41 bits per heavy atom. The molecule has 0 aromatic carbocycles. The molecular formula is C13H21N3O. The van der Waals surface area contributed by atoms with Gasteiger partial charge in [-0.3, -0.25) is 16.3 Å². The maximum absolute atomic E-state index is 5.78. The number of aryl methyl sites for hydroxylation is 1. The largest absolute Gasteiger partial charge is 0.376 e. The SMILES string of the molecule is COC1(C(NN)c2cncc(C)c2)CCCC1. The lowest BCUT2D eigenvalue weighted by molar-refractivity contribution is -0.0369. The van der Waals surface area contributed by atoms with Crippen LogP contribution in [0.3, 0.4) is 0 Å². The van der Waals surface area contributed by atoms with Gasteiger partial charge in [-0.05, 0) is 30.9 Å². The number of ether oxygens (including phenoxy) is 1. The van der Waals surface area contributed by atoms with Crippen molar-refractivity contribution in [1.82, 2.24) is 10.4 Å². The predicted molar refractivity (Wildman–Crippen MR) is 67.2 cm³/mol. The number of aromatic nitrogens is 1. The first-order chi connectivity index (χ1) is 8.22. The molecule has 17 heavy (non-hydrogen) atoms. The molecule has 1 unspecified atom stereocenters. The molecule has 1 heterocycles. The Balaban J connectivity index is 2.32. The lowest BCUT2D eigenvalue weighted by atomic mass is 9.87. The summed E-state index contributed by atoms with van der Waals surface area (Å²) in [7, 11) is 1.78. The van der Waals surface area contributed by atoms with Crippen molar-refractivity contribution in [2.24, 2.45) is 5.84 Å². The summed E-state index contributed by atoms with van der Waals surface area (Å²) in [6.45, 7) is 2.04. The van der Waals surface area contributed by atoms with Crippen molar-refractivity contribution >= 4 is 0 Å². The van der Waals surface area contributed by atoms with Crippen molar-refractivity contribution in [3.63, 3.8) is 0 Å². The molecule has 0 aliphatic heterocycles. The van der Waals surface area contributed by atoms with Crippen LogP contribution in [0.1, 0.15) is 42.9 Å². The number of methoxy groups -OCH3 is 1. The summed E-state index contributed by atoms with van der Waals surface area (Å²) in [6.07, 6.45) is 8.22. The summed E-state index contributed by atoms with van der Waals surface area (Å²) in [6, 6.07) is 2.14. The number of pyridine rings is 1. The second kappa shape index (κ2) is 5.12. The highest BCUT2D eigenvalue weighted by atomic mass is 16.5. The zero-order chi connectivity index (χ0) is 12.3. The van der Waals surface area contributed by atoms with Crippen LogP contribution in [0.15, 0.2) is 18.5 Å². The summed E-state index contributed by atoms with van der Waals surface area (Å²) in [5.74, 6) is 5.74. The van der Waals surface area contributed by atoms with Gasteiger partial charge in [0.05, 0.1) is 11.6 Å². The Labute approximate surface area is 103 Å². The van der Waals surface area contributed by atoms with Gasteiger partial charge in [0.1, 0.15) is 0 Å². The van der Waals surface area contributed by atoms with Gasteiger partial charge in [-0.25, -0.2) is 0 Å². The highest BCUT2D eigenvalue weighted by Crippen LogP contribution is 2.42. The third-order valence-corrected chi connectivity index (χ3v) is 3.78. The van der Waals surface area contributed by atoms with Crippen LogP contribution in [-0.4, -0.2) is 17.7 Å². The normalized spacial score (nSPS) is 20.4. The van der Waals surface area contributed by atoms with E-state index in [4.69, 9.17) is 10.6 Å². The van der Waals surface area contributed by atoms with Crippen LogP contribution >= 0.6 is 0 Å². The highest BCUT2D eigenvalue weighted by Gasteiger charge is 2.42. The lowest BCUT2D eigenvalue weighted by Crippen LogP contribution is -2.46. The van der Waals surface area contributed by atoms with Crippen LogP contribution in [0.5, 0.6) is 0 Å². The van der Waals surface area contributed by atoms with Gasteiger partial charge in [-0.2, -0.15) is 0 Å². The van der Waals surface area contributed by atoms with Crippen molar-refractivity contribution in [2.75, 3.05) is 7.11 Å². The van der Waals surface area contributed by atoms with E-state index in [2.05, 4.69) is 16.5 Å². The highest BCUT2D eigenvalue weighted by molar-refractivity contribution is 5.23. The van der Waals surface area contributed by atoms with Gasteiger partial charge in [0, 0.05) is 19.5 Å². The number of nitrogens with zero attached hydrogens (tertiary/aromatic N) is 1. The molecule has 0 saturated heterocycles. The van der Waals surface area contributed by atoms with Crippen molar-refractivity contribution < 1.29 is 4.74 Å². The summed E-state index contributed by atoms with van der Waals surface area (Å²) >= 11 is 0. The average molecular weight is 235 g/mol. The standard InChI is InChI=1S/C13H21N3O/c1-10-7-11(9-15-8-10)12(16-14)13(17-2)5-3-4-6-13/h7-9,12,16H,3-6,14H2,1-2H3. The molecule has 1 aromatic heterocycles. The fourth-order valence-corrected chi connectivity index (χ4v) is 2.87. The van der Waals surface area contributed by atoms with E-state index in [0.29, 0.717) is 0 Å². The summed E-state index contributed by atoms with van der Waals surface area (Å²) in [4.78, 5) is 4.24. The molecule has 0 amide bonds. The monoisotopic (exact) mass is 235 g/mol. The van der Waals surface area contributed by atoms with Crippen LogP contribution in [0.4, 0.5) is 0 Å². The fourth-order valence-electron chi connectivity index (χ4n) is 2.87. The molecule has 0 spiro atoms. The smallest absolute Gasteiger partial charge is 0.0886 e. The molecule has 1 aliphatic carbocycles. The van der Waals surface area contributed by atoms with Crippen molar-refractivity contribution in [3.05, 3.63) is 29.6 Å². The van der Waals surface area contributed by atoms with Gasteiger partial charge in [0.2, 0.25) is 0 Å². The minimum atomic E-state index is -0.176. The Hall–Kier alpha value is -0.970. The van der Waals surface area contributed by atoms with Gasteiger partial charge in [0.25, 0.3) is 0 Å². The lowest BCUT2D eigenvalue weighted by Gasteiger charge is -2.36. The van der Waals surface area contributed by atoms with E-state index in [1.807, 2.05) is 19.3 Å². The Bertz CT molecular complexity index is 375. The average Bonchev–Trinajstić information content (AvgIpc) is 2.80. The van der Waals surface area contributed by atoms with Crippen molar-refractivity contribution in [3.8, 4) is 0 Å². The number of hydrazine groups is 1. The van der Waals surface area contributed by atoms with E-state index in [1.165, 1.54) is 12.8 Å². The van der Waals surface area contributed by atoms with E-state index in [9.17, 15) is 0 Å². The van der Waals surface area contributed by atoms with Crippen LogP contribution in [0, 0.1) is 6.92 Å². The molecule has 0 bridgehead atoms. The van der Waals surface area contributed by atoms with E-state index in [1.54, 1.807) is 7.11 Å². The first-order valence-electron chi connectivity index (χ1n) is 6.15. The van der Waals surface area contributed by atoms with E-state index < -0.39 is 0 Å². The zero-order valence-electron chi connectivity index (χ0n) is 10.6. The minimum Gasteiger partial charge on any atom is -0.376 e. The van der Waals surface area contributed by atoms with Gasteiger partial charge in [0.15, 0.2) is 0 Å². The first-order valence-corrected chi connectivity index (χ1v) is 6.15. The number of nitrogens with one attached hydrogen (secondary N) is 1. The summed E-state index contributed by atoms with van der Waals surface area (Å²) < 4.78 is 5.78. The van der Waals surface area contributed by atoms with Gasteiger partial charge < -0.3 is 4.74 Å². The molecule has 2 rings (SSSR count). The Morgan fingerprint density at radius 2 is 2.12 bits per heavy atom. The number of nitrogens with two attached hydrogens (primary N) is 1. The molecule has 94 valence electrons. The topological polar surface area (TPSA) is 60.2 Å².